The van der Waals surface area contributed by atoms with Gasteiger partial charge in [-0.25, -0.2) is 4.79 Å². The number of aryl methyl sites for hydroxylation is 1. The van der Waals surface area contributed by atoms with E-state index in [1.165, 1.54) is 0 Å². The van der Waals surface area contributed by atoms with Crippen LogP contribution >= 0.6 is 0 Å². The number of hydrogen-bond acceptors (Lipinski definition) is 2. The van der Waals surface area contributed by atoms with Crippen LogP contribution in [0.2, 0.25) is 0 Å². The van der Waals surface area contributed by atoms with Gasteiger partial charge in [0.1, 0.15) is 0 Å². The van der Waals surface area contributed by atoms with Crippen LogP contribution in [-0.4, -0.2) is 16.1 Å². The lowest BCUT2D eigenvalue weighted by Crippen LogP contribution is -2.15. The van der Waals surface area contributed by atoms with Gasteiger partial charge in [0, 0.05) is 11.1 Å². The van der Waals surface area contributed by atoms with Gasteiger partial charge in [0.2, 0.25) is 0 Å². The lowest BCUT2D eigenvalue weighted by atomic mass is 9.91. The summed E-state index contributed by atoms with van der Waals surface area (Å²) in [6, 6.07) is 3.39. The summed E-state index contributed by atoms with van der Waals surface area (Å²) in [5.41, 5.74) is 1.73. The van der Waals surface area contributed by atoms with Crippen LogP contribution in [0.15, 0.2) is 12.1 Å². The molecule has 0 atom stereocenters. The van der Waals surface area contributed by atoms with Crippen LogP contribution in [0.25, 0.3) is 0 Å². The molecule has 3 nitrogen and oxygen atoms in total. The molecule has 1 aromatic heterocycles. The van der Waals surface area contributed by atoms with E-state index in [2.05, 4.69) is 25.8 Å². The number of carboxylic acid groups (broad SMARTS) is 1. The second-order valence-corrected chi connectivity index (χ2v) is 4.38. The number of hydrogen-bond donors (Lipinski definition) is 1. The first-order valence-electron chi connectivity index (χ1n) is 4.54. The topological polar surface area (TPSA) is 50.2 Å². The van der Waals surface area contributed by atoms with Gasteiger partial charge in [0.15, 0.2) is 0 Å². The zero-order valence-corrected chi connectivity index (χ0v) is 8.96. The summed E-state index contributed by atoms with van der Waals surface area (Å²) in [7, 11) is 0. The third-order valence-electron chi connectivity index (χ3n) is 2.08. The lowest BCUT2D eigenvalue weighted by molar-refractivity contribution is 0.0695. The van der Waals surface area contributed by atoms with E-state index in [9.17, 15) is 4.79 Å². The molecular weight excluding hydrogens is 178 g/mol. The second-order valence-electron chi connectivity index (χ2n) is 4.38. The summed E-state index contributed by atoms with van der Waals surface area (Å²) in [6.07, 6.45) is 0. The number of rotatable bonds is 1. The van der Waals surface area contributed by atoms with Crippen LogP contribution < -0.4 is 0 Å². The van der Waals surface area contributed by atoms with Crippen LogP contribution in [-0.2, 0) is 5.41 Å². The van der Waals surface area contributed by atoms with E-state index in [1.54, 1.807) is 19.1 Å². The summed E-state index contributed by atoms with van der Waals surface area (Å²) in [5, 5.41) is 8.82. The van der Waals surface area contributed by atoms with Crippen molar-refractivity contribution in [2.75, 3.05) is 0 Å². The highest BCUT2D eigenvalue weighted by Crippen LogP contribution is 2.21. The Morgan fingerprint density at radius 3 is 2.29 bits per heavy atom. The first kappa shape index (κ1) is 10.7. The van der Waals surface area contributed by atoms with Crippen LogP contribution in [0.3, 0.4) is 0 Å². The van der Waals surface area contributed by atoms with E-state index >= 15 is 0 Å². The van der Waals surface area contributed by atoms with Gasteiger partial charge >= 0.3 is 5.97 Å². The predicted molar refractivity (Wildman–Crippen MR) is 54.6 cm³/mol. The third kappa shape index (κ3) is 2.10. The number of carbonyl (C=O) groups is 1. The van der Waals surface area contributed by atoms with Crippen molar-refractivity contribution in [3.63, 3.8) is 0 Å². The smallest absolute Gasteiger partial charge is 0.337 e. The van der Waals surface area contributed by atoms with Crippen molar-refractivity contribution in [3.8, 4) is 0 Å². The highest BCUT2D eigenvalue weighted by atomic mass is 16.4. The van der Waals surface area contributed by atoms with E-state index in [4.69, 9.17) is 5.11 Å². The zero-order chi connectivity index (χ0) is 10.9. The van der Waals surface area contributed by atoms with Crippen molar-refractivity contribution in [1.29, 1.82) is 0 Å². The van der Waals surface area contributed by atoms with Crippen LogP contribution in [0.4, 0.5) is 0 Å². The van der Waals surface area contributed by atoms with Crippen molar-refractivity contribution >= 4 is 5.97 Å². The summed E-state index contributed by atoms with van der Waals surface area (Å²) >= 11 is 0. The maximum absolute atomic E-state index is 10.7. The first-order valence-corrected chi connectivity index (χ1v) is 4.54. The van der Waals surface area contributed by atoms with Gasteiger partial charge in [-0.15, -0.1) is 0 Å². The van der Waals surface area contributed by atoms with E-state index in [0.717, 1.165) is 5.69 Å². The van der Waals surface area contributed by atoms with Crippen LogP contribution in [0, 0.1) is 6.92 Å². The van der Waals surface area contributed by atoms with Gasteiger partial charge in [-0.1, -0.05) is 20.8 Å². The molecule has 0 saturated heterocycles. The number of aromatic carboxylic acids is 1. The molecule has 0 bridgehead atoms. The molecule has 0 aliphatic rings. The molecule has 0 spiro atoms. The molecule has 1 heterocycles. The number of nitrogens with zero attached hydrogens (tertiary/aromatic N) is 1. The maximum atomic E-state index is 10.7. The van der Waals surface area contributed by atoms with Crippen molar-refractivity contribution in [3.05, 3.63) is 29.1 Å². The van der Waals surface area contributed by atoms with E-state index in [1.807, 2.05) is 0 Å². The fourth-order valence-electron chi connectivity index (χ4n) is 1.20. The molecule has 0 aromatic carbocycles. The van der Waals surface area contributed by atoms with Gasteiger partial charge in [-0.3, -0.25) is 4.98 Å². The summed E-state index contributed by atoms with van der Waals surface area (Å²) in [5.74, 6) is -0.921. The second kappa shape index (κ2) is 3.40. The minimum atomic E-state index is -0.921. The molecule has 14 heavy (non-hydrogen) atoms. The molecule has 0 amide bonds. The predicted octanol–water partition coefficient (Wildman–Crippen LogP) is 2.39. The molecule has 0 saturated carbocycles. The molecule has 0 aliphatic carbocycles. The Kier molecular flexibility index (Phi) is 2.60. The monoisotopic (exact) mass is 193 g/mol. The highest BCUT2D eigenvalue weighted by molar-refractivity contribution is 5.88. The maximum Gasteiger partial charge on any atom is 0.337 e. The molecule has 0 radical (unpaired) electrons. The van der Waals surface area contributed by atoms with Crippen molar-refractivity contribution in [2.24, 2.45) is 0 Å². The Balaban J connectivity index is 3.20. The highest BCUT2D eigenvalue weighted by Gasteiger charge is 2.17. The van der Waals surface area contributed by atoms with Gasteiger partial charge in [-0.2, -0.15) is 0 Å². The molecule has 1 rings (SSSR count). The Bertz CT molecular complexity index is 364. The van der Waals surface area contributed by atoms with Gasteiger partial charge < -0.3 is 5.11 Å². The number of pyridine rings is 1. The molecular formula is C11H15NO2. The van der Waals surface area contributed by atoms with Gasteiger partial charge in [0.05, 0.1) is 11.3 Å². The fraction of sp³-hybridized carbons (Fsp3) is 0.455. The summed E-state index contributed by atoms with van der Waals surface area (Å²) in [4.78, 5) is 15.0. The zero-order valence-electron chi connectivity index (χ0n) is 8.96. The first-order chi connectivity index (χ1) is 6.32. The minimum Gasteiger partial charge on any atom is -0.478 e. The van der Waals surface area contributed by atoms with E-state index in [-0.39, 0.29) is 11.0 Å². The third-order valence-corrected chi connectivity index (χ3v) is 2.08. The minimum absolute atomic E-state index is 0.0399. The molecule has 1 aromatic rings. The standard InChI is InChI=1S/C11H15NO2/c1-7-8(10(13)14)5-6-9(12-7)11(2,3)4/h5-6H,1-4H3,(H,13,14). The molecule has 3 heteroatoms. The van der Waals surface area contributed by atoms with Crippen molar-refractivity contribution < 1.29 is 9.90 Å². The Labute approximate surface area is 83.8 Å². The molecule has 1 N–H and O–H groups in total. The molecule has 76 valence electrons. The van der Waals surface area contributed by atoms with E-state index in [0.29, 0.717) is 5.69 Å². The van der Waals surface area contributed by atoms with Crippen molar-refractivity contribution in [1.82, 2.24) is 4.98 Å². The van der Waals surface area contributed by atoms with Gasteiger partial charge in [0.25, 0.3) is 0 Å². The Morgan fingerprint density at radius 1 is 1.36 bits per heavy atom. The quantitative estimate of drug-likeness (QED) is 0.745. The molecule has 0 fully saturated rings. The fourth-order valence-corrected chi connectivity index (χ4v) is 1.20. The number of carboxylic acids is 1. The summed E-state index contributed by atoms with van der Waals surface area (Å²) in [6.45, 7) is 7.87. The average molecular weight is 193 g/mol. The van der Waals surface area contributed by atoms with E-state index < -0.39 is 5.97 Å². The van der Waals surface area contributed by atoms with Gasteiger partial charge in [-0.05, 0) is 19.1 Å². The Morgan fingerprint density at radius 2 is 1.93 bits per heavy atom. The number of aromatic nitrogens is 1. The van der Waals surface area contributed by atoms with Crippen LogP contribution in [0.1, 0.15) is 42.5 Å². The summed E-state index contributed by atoms with van der Waals surface area (Å²) < 4.78 is 0. The Hall–Kier alpha value is -1.38. The normalized spacial score (nSPS) is 11.4. The van der Waals surface area contributed by atoms with Crippen LogP contribution in [0.5, 0.6) is 0 Å². The largest absolute Gasteiger partial charge is 0.478 e. The lowest BCUT2D eigenvalue weighted by Gasteiger charge is -2.18. The molecule has 0 unspecified atom stereocenters. The molecule has 0 aliphatic heterocycles. The average Bonchev–Trinajstić information content (AvgIpc) is 2.01. The SMILES string of the molecule is Cc1nc(C(C)(C)C)ccc1C(=O)O. The van der Waals surface area contributed by atoms with Crippen molar-refractivity contribution in [2.45, 2.75) is 33.1 Å².